The van der Waals surface area contributed by atoms with E-state index in [-0.39, 0.29) is 29.8 Å². The van der Waals surface area contributed by atoms with Crippen molar-refractivity contribution in [2.75, 3.05) is 27.2 Å². The molecule has 1 fully saturated rings. The number of carbonyl (C=O) groups is 1. The lowest BCUT2D eigenvalue weighted by Crippen LogP contribution is -2.55. The first-order valence-corrected chi connectivity index (χ1v) is 6.98. The highest BCUT2D eigenvalue weighted by atomic mass is 32.2. The van der Waals surface area contributed by atoms with Gasteiger partial charge in [0.25, 0.3) is 0 Å². The second-order valence-corrected chi connectivity index (χ2v) is 6.38. The molecule has 0 spiro atoms. The molecule has 1 aliphatic heterocycles. The summed E-state index contributed by atoms with van der Waals surface area (Å²) in [5.74, 6) is -0.265. The topological polar surface area (TPSA) is 70.6 Å². The Morgan fingerprint density at radius 1 is 1.44 bits per heavy atom. The number of hydrogen-bond donors (Lipinski definition) is 0. The van der Waals surface area contributed by atoms with Gasteiger partial charge < -0.3 is 4.90 Å². The number of nitrogens with zero attached hydrogens (tertiary/aromatic N) is 3. The van der Waals surface area contributed by atoms with Crippen molar-refractivity contribution in [1.29, 1.82) is 0 Å². The Balaban J connectivity index is 2.07. The van der Waals surface area contributed by atoms with Crippen molar-refractivity contribution in [2.24, 2.45) is 5.92 Å². The molecule has 0 saturated carbocycles. The second-order valence-electron chi connectivity index (χ2n) is 4.44. The fourth-order valence-corrected chi connectivity index (χ4v) is 3.30. The molecule has 1 saturated heterocycles. The van der Waals surface area contributed by atoms with E-state index >= 15 is 0 Å². The lowest BCUT2D eigenvalue weighted by molar-refractivity contribution is -0.136. The standard InChI is InChI=1S/C11H15N3O3S/c1-13(2)11(15)9-7-14(8-9)18(16,17)10-4-3-5-12-6-10/h3-6,9H,7-8H2,1-2H3. The third kappa shape index (κ3) is 2.23. The van der Waals surface area contributed by atoms with E-state index in [1.54, 1.807) is 20.2 Å². The molecular formula is C11H15N3O3S. The van der Waals surface area contributed by atoms with Crippen molar-refractivity contribution in [2.45, 2.75) is 4.90 Å². The number of pyridine rings is 1. The van der Waals surface area contributed by atoms with Crippen LogP contribution in [0, 0.1) is 5.92 Å². The summed E-state index contributed by atoms with van der Waals surface area (Å²) in [7, 11) is -0.160. The predicted octanol–water partition coefficient (Wildman–Crippen LogP) is -0.210. The Bertz CT molecular complexity index is 536. The van der Waals surface area contributed by atoms with Crippen LogP contribution in [0.2, 0.25) is 0 Å². The average Bonchev–Trinajstić information content (AvgIpc) is 2.27. The van der Waals surface area contributed by atoms with Gasteiger partial charge in [0.05, 0.1) is 5.92 Å². The van der Waals surface area contributed by atoms with E-state index < -0.39 is 10.0 Å². The van der Waals surface area contributed by atoms with Gasteiger partial charge in [0, 0.05) is 39.6 Å². The van der Waals surface area contributed by atoms with Gasteiger partial charge in [0.15, 0.2) is 0 Å². The second kappa shape index (κ2) is 4.66. The Hall–Kier alpha value is -1.47. The fourth-order valence-electron chi connectivity index (χ4n) is 1.80. The molecule has 0 unspecified atom stereocenters. The molecule has 2 rings (SSSR count). The molecular weight excluding hydrogens is 254 g/mol. The number of aromatic nitrogens is 1. The number of sulfonamides is 1. The molecule has 1 aliphatic rings. The summed E-state index contributed by atoms with van der Waals surface area (Å²) in [4.78, 5) is 17.1. The first-order chi connectivity index (χ1) is 8.43. The number of hydrogen-bond acceptors (Lipinski definition) is 4. The van der Waals surface area contributed by atoms with Gasteiger partial charge in [-0.15, -0.1) is 0 Å². The SMILES string of the molecule is CN(C)C(=O)C1CN(S(=O)(=O)c2cccnc2)C1. The Kier molecular flexibility index (Phi) is 3.36. The van der Waals surface area contributed by atoms with Crippen LogP contribution in [-0.2, 0) is 14.8 Å². The largest absolute Gasteiger partial charge is 0.348 e. The maximum absolute atomic E-state index is 12.1. The molecule has 1 aromatic heterocycles. The molecule has 2 heterocycles. The van der Waals surface area contributed by atoms with E-state index in [0.717, 1.165) is 0 Å². The van der Waals surface area contributed by atoms with Crippen LogP contribution < -0.4 is 0 Å². The molecule has 1 aromatic rings. The maximum Gasteiger partial charge on any atom is 0.244 e. The molecule has 0 atom stereocenters. The van der Waals surface area contributed by atoms with Crippen LogP contribution >= 0.6 is 0 Å². The van der Waals surface area contributed by atoms with Crippen LogP contribution in [0.15, 0.2) is 29.4 Å². The first-order valence-electron chi connectivity index (χ1n) is 5.54. The zero-order chi connectivity index (χ0) is 13.3. The molecule has 0 aromatic carbocycles. The summed E-state index contributed by atoms with van der Waals surface area (Å²) in [6.07, 6.45) is 2.84. The summed E-state index contributed by atoms with van der Waals surface area (Å²) in [5.41, 5.74) is 0. The van der Waals surface area contributed by atoms with Crippen molar-refractivity contribution in [1.82, 2.24) is 14.2 Å². The minimum Gasteiger partial charge on any atom is -0.348 e. The van der Waals surface area contributed by atoms with Gasteiger partial charge in [0.2, 0.25) is 15.9 Å². The van der Waals surface area contributed by atoms with Gasteiger partial charge >= 0.3 is 0 Å². The molecule has 98 valence electrons. The molecule has 0 N–H and O–H groups in total. The lowest BCUT2D eigenvalue weighted by atomic mass is 10.0. The minimum atomic E-state index is -3.49. The predicted molar refractivity (Wildman–Crippen MR) is 65.2 cm³/mol. The Morgan fingerprint density at radius 2 is 2.11 bits per heavy atom. The highest BCUT2D eigenvalue weighted by Crippen LogP contribution is 2.25. The van der Waals surface area contributed by atoms with Crippen molar-refractivity contribution >= 4 is 15.9 Å². The fraction of sp³-hybridized carbons (Fsp3) is 0.455. The summed E-state index contributed by atoms with van der Waals surface area (Å²) in [5, 5.41) is 0. The Labute approximate surface area is 106 Å². The smallest absolute Gasteiger partial charge is 0.244 e. The van der Waals surface area contributed by atoms with Gasteiger partial charge in [-0.2, -0.15) is 4.31 Å². The van der Waals surface area contributed by atoms with E-state index in [9.17, 15) is 13.2 Å². The molecule has 7 heteroatoms. The lowest BCUT2D eigenvalue weighted by Gasteiger charge is -2.38. The highest BCUT2D eigenvalue weighted by molar-refractivity contribution is 7.89. The third-order valence-corrected chi connectivity index (χ3v) is 4.73. The summed E-state index contributed by atoms with van der Waals surface area (Å²) in [6, 6.07) is 3.08. The highest BCUT2D eigenvalue weighted by Gasteiger charge is 2.40. The van der Waals surface area contributed by atoms with Gasteiger partial charge in [0.1, 0.15) is 4.90 Å². The molecule has 6 nitrogen and oxygen atoms in total. The van der Waals surface area contributed by atoms with Gasteiger partial charge in [-0.25, -0.2) is 8.42 Å². The van der Waals surface area contributed by atoms with E-state index in [1.165, 1.54) is 27.7 Å². The molecule has 1 amide bonds. The monoisotopic (exact) mass is 269 g/mol. The van der Waals surface area contributed by atoms with E-state index in [4.69, 9.17) is 0 Å². The van der Waals surface area contributed by atoms with E-state index in [2.05, 4.69) is 4.98 Å². The van der Waals surface area contributed by atoms with Crippen LogP contribution in [-0.4, -0.2) is 55.7 Å². The Morgan fingerprint density at radius 3 is 2.61 bits per heavy atom. The summed E-state index contributed by atoms with van der Waals surface area (Å²) in [6.45, 7) is 0.489. The van der Waals surface area contributed by atoms with Gasteiger partial charge in [-0.1, -0.05) is 0 Å². The third-order valence-electron chi connectivity index (χ3n) is 2.91. The average molecular weight is 269 g/mol. The van der Waals surface area contributed by atoms with Crippen LogP contribution in [0.5, 0.6) is 0 Å². The number of carbonyl (C=O) groups excluding carboxylic acids is 1. The molecule has 0 radical (unpaired) electrons. The minimum absolute atomic E-state index is 0.0346. The normalized spacial score (nSPS) is 17.2. The van der Waals surface area contributed by atoms with Crippen LogP contribution in [0.3, 0.4) is 0 Å². The van der Waals surface area contributed by atoms with Crippen molar-refractivity contribution in [3.8, 4) is 0 Å². The van der Waals surface area contributed by atoms with E-state index in [1.807, 2.05) is 0 Å². The number of rotatable bonds is 3. The van der Waals surface area contributed by atoms with Crippen molar-refractivity contribution in [3.63, 3.8) is 0 Å². The van der Waals surface area contributed by atoms with E-state index in [0.29, 0.717) is 0 Å². The number of amides is 1. The molecule has 18 heavy (non-hydrogen) atoms. The van der Waals surface area contributed by atoms with Crippen molar-refractivity contribution < 1.29 is 13.2 Å². The summed E-state index contributed by atoms with van der Waals surface area (Å²) >= 11 is 0. The van der Waals surface area contributed by atoms with Crippen LogP contribution in [0.1, 0.15) is 0 Å². The first kappa shape index (κ1) is 13.0. The zero-order valence-electron chi connectivity index (χ0n) is 10.3. The van der Waals surface area contributed by atoms with Gasteiger partial charge in [-0.05, 0) is 12.1 Å². The quantitative estimate of drug-likeness (QED) is 0.761. The zero-order valence-corrected chi connectivity index (χ0v) is 11.1. The molecule has 0 bridgehead atoms. The maximum atomic E-state index is 12.1. The van der Waals surface area contributed by atoms with Crippen LogP contribution in [0.4, 0.5) is 0 Å². The van der Waals surface area contributed by atoms with Crippen LogP contribution in [0.25, 0.3) is 0 Å². The van der Waals surface area contributed by atoms with Gasteiger partial charge in [-0.3, -0.25) is 9.78 Å². The molecule has 0 aliphatic carbocycles. The summed E-state index contributed by atoms with van der Waals surface area (Å²) < 4.78 is 25.5. The van der Waals surface area contributed by atoms with Crippen molar-refractivity contribution in [3.05, 3.63) is 24.5 Å².